The summed E-state index contributed by atoms with van der Waals surface area (Å²) in [5.41, 5.74) is 16.4. The van der Waals surface area contributed by atoms with E-state index in [4.69, 9.17) is 17.2 Å². The zero-order chi connectivity index (χ0) is 9.23. The van der Waals surface area contributed by atoms with Crippen molar-refractivity contribution < 1.29 is 0 Å². The normalized spacial score (nSPS) is 13.2. The Kier molecular flexibility index (Phi) is 8.88. The van der Waals surface area contributed by atoms with Crippen LogP contribution in [0.3, 0.4) is 0 Å². The van der Waals surface area contributed by atoms with Crippen LogP contribution in [-0.4, -0.2) is 19.6 Å². The zero-order valence-electron chi connectivity index (χ0n) is 7.97. The monoisotopic (exact) mass is 173 g/mol. The van der Waals surface area contributed by atoms with Crippen LogP contribution in [0, 0.1) is 5.92 Å². The Morgan fingerprint density at radius 3 is 2.00 bits per heavy atom. The van der Waals surface area contributed by atoms with Crippen molar-refractivity contribution in [2.24, 2.45) is 23.1 Å². The molecule has 0 spiro atoms. The van der Waals surface area contributed by atoms with Gasteiger partial charge in [0.05, 0.1) is 0 Å². The molecular formula is C9H23N3. The summed E-state index contributed by atoms with van der Waals surface area (Å²) in [6, 6.07) is 0. The molecule has 0 saturated heterocycles. The lowest BCUT2D eigenvalue weighted by atomic mass is 9.98. The number of nitrogens with two attached hydrogens (primary N) is 3. The molecule has 0 rings (SSSR count). The van der Waals surface area contributed by atoms with Gasteiger partial charge in [-0.1, -0.05) is 12.8 Å². The van der Waals surface area contributed by atoms with E-state index >= 15 is 0 Å². The lowest BCUT2D eigenvalue weighted by Crippen LogP contribution is -2.18. The quantitative estimate of drug-likeness (QED) is 0.466. The molecule has 74 valence electrons. The van der Waals surface area contributed by atoms with Gasteiger partial charge in [0, 0.05) is 0 Å². The molecule has 0 aliphatic carbocycles. The van der Waals surface area contributed by atoms with Gasteiger partial charge in [-0.2, -0.15) is 0 Å². The molecule has 0 fully saturated rings. The number of unbranched alkanes of at least 4 members (excludes halogenated alkanes) is 2. The van der Waals surface area contributed by atoms with E-state index in [-0.39, 0.29) is 0 Å². The molecule has 0 bridgehead atoms. The van der Waals surface area contributed by atoms with Gasteiger partial charge in [-0.05, 0) is 44.8 Å². The van der Waals surface area contributed by atoms with Crippen LogP contribution in [0.15, 0.2) is 0 Å². The minimum Gasteiger partial charge on any atom is -0.330 e. The first-order valence-corrected chi connectivity index (χ1v) is 4.95. The predicted octanol–water partition coefficient (Wildman–Crippen LogP) is 0.429. The van der Waals surface area contributed by atoms with E-state index in [9.17, 15) is 0 Å². The zero-order valence-corrected chi connectivity index (χ0v) is 7.97. The van der Waals surface area contributed by atoms with Crippen LogP contribution in [0.1, 0.15) is 32.1 Å². The van der Waals surface area contributed by atoms with Crippen LogP contribution in [0.4, 0.5) is 0 Å². The Morgan fingerprint density at radius 2 is 1.50 bits per heavy atom. The highest BCUT2D eigenvalue weighted by Crippen LogP contribution is 2.11. The molecule has 1 unspecified atom stereocenters. The molecule has 0 radical (unpaired) electrons. The first kappa shape index (κ1) is 11.9. The van der Waals surface area contributed by atoms with Crippen LogP contribution in [0.5, 0.6) is 0 Å². The minimum atomic E-state index is 0.632. The van der Waals surface area contributed by atoms with Gasteiger partial charge in [0.1, 0.15) is 0 Å². The summed E-state index contributed by atoms with van der Waals surface area (Å²) < 4.78 is 0. The van der Waals surface area contributed by atoms with Gasteiger partial charge in [0.15, 0.2) is 0 Å². The van der Waals surface area contributed by atoms with Crippen molar-refractivity contribution in [3.8, 4) is 0 Å². The average molecular weight is 173 g/mol. The maximum Gasteiger partial charge on any atom is -0.00484 e. The Hall–Kier alpha value is -0.120. The lowest BCUT2D eigenvalue weighted by Gasteiger charge is -2.12. The first-order valence-electron chi connectivity index (χ1n) is 4.95. The highest BCUT2D eigenvalue weighted by molar-refractivity contribution is 4.60. The van der Waals surface area contributed by atoms with E-state index < -0.39 is 0 Å². The molecular weight excluding hydrogens is 150 g/mol. The molecule has 0 aromatic carbocycles. The van der Waals surface area contributed by atoms with Crippen LogP contribution < -0.4 is 17.2 Å². The summed E-state index contributed by atoms with van der Waals surface area (Å²) in [7, 11) is 0. The number of rotatable bonds is 8. The van der Waals surface area contributed by atoms with E-state index in [1.807, 2.05) is 0 Å². The minimum absolute atomic E-state index is 0.632. The largest absolute Gasteiger partial charge is 0.330 e. The molecule has 0 amide bonds. The topological polar surface area (TPSA) is 78.1 Å². The Morgan fingerprint density at radius 1 is 0.750 bits per heavy atom. The second-order valence-electron chi connectivity index (χ2n) is 3.32. The maximum atomic E-state index is 5.59. The van der Waals surface area contributed by atoms with Crippen molar-refractivity contribution >= 4 is 0 Å². The van der Waals surface area contributed by atoms with E-state index in [0.29, 0.717) is 5.92 Å². The van der Waals surface area contributed by atoms with E-state index in [2.05, 4.69) is 0 Å². The molecule has 0 aromatic heterocycles. The Bertz CT molecular complexity index is 85.8. The van der Waals surface area contributed by atoms with Gasteiger partial charge >= 0.3 is 0 Å². The van der Waals surface area contributed by atoms with Crippen molar-refractivity contribution in [3.05, 3.63) is 0 Å². The fourth-order valence-electron chi connectivity index (χ4n) is 1.37. The van der Waals surface area contributed by atoms with Gasteiger partial charge in [-0.15, -0.1) is 0 Å². The SMILES string of the molecule is NCCCCCC(CN)CCN. The number of hydrogen-bond acceptors (Lipinski definition) is 3. The van der Waals surface area contributed by atoms with E-state index in [0.717, 1.165) is 32.5 Å². The summed E-state index contributed by atoms with van der Waals surface area (Å²) in [6.07, 6.45) is 5.91. The van der Waals surface area contributed by atoms with Crippen LogP contribution in [-0.2, 0) is 0 Å². The van der Waals surface area contributed by atoms with Gasteiger partial charge in [0.25, 0.3) is 0 Å². The highest BCUT2D eigenvalue weighted by Gasteiger charge is 2.03. The van der Waals surface area contributed by atoms with Crippen molar-refractivity contribution in [1.82, 2.24) is 0 Å². The second kappa shape index (κ2) is 8.97. The summed E-state index contributed by atoms with van der Waals surface area (Å²) in [5, 5.41) is 0. The van der Waals surface area contributed by atoms with Crippen molar-refractivity contribution in [2.45, 2.75) is 32.1 Å². The molecule has 0 aliphatic rings. The summed E-state index contributed by atoms with van der Waals surface area (Å²) in [5.74, 6) is 0.632. The maximum absolute atomic E-state index is 5.59. The molecule has 0 heterocycles. The summed E-state index contributed by atoms with van der Waals surface area (Å²) in [4.78, 5) is 0. The third kappa shape index (κ3) is 6.58. The molecule has 3 heteroatoms. The van der Waals surface area contributed by atoms with Crippen LogP contribution >= 0.6 is 0 Å². The van der Waals surface area contributed by atoms with Crippen LogP contribution in [0.25, 0.3) is 0 Å². The van der Waals surface area contributed by atoms with E-state index in [1.165, 1.54) is 19.3 Å². The molecule has 6 N–H and O–H groups in total. The Labute approximate surface area is 75.7 Å². The highest BCUT2D eigenvalue weighted by atomic mass is 14.6. The van der Waals surface area contributed by atoms with Crippen molar-refractivity contribution in [3.63, 3.8) is 0 Å². The van der Waals surface area contributed by atoms with E-state index in [1.54, 1.807) is 0 Å². The molecule has 0 saturated carbocycles. The average Bonchev–Trinajstić information content (AvgIpc) is 2.10. The molecule has 0 aliphatic heterocycles. The van der Waals surface area contributed by atoms with Gasteiger partial charge in [0.2, 0.25) is 0 Å². The lowest BCUT2D eigenvalue weighted by molar-refractivity contribution is 0.441. The summed E-state index contributed by atoms with van der Waals surface area (Å²) >= 11 is 0. The fraction of sp³-hybridized carbons (Fsp3) is 1.00. The van der Waals surface area contributed by atoms with Crippen molar-refractivity contribution in [1.29, 1.82) is 0 Å². The Balaban J connectivity index is 3.19. The first-order chi connectivity index (χ1) is 5.85. The smallest absolute Gasteiger partial charge is 0.00484 e. The molecule has 1 atom stereocenters. The fourth-order valence-corrected chi connectivity index (χ4v) is 1.37. The predicted molar refractivity (Wildman–Crippen MR) is 53.7 cm³/mol. The molecule has 12 heavy (non-hydrogen) atoms. The van der Waals surface area contributed by atoms with Gasteiger partial charge in [-0.3, -0.25) is 0 Å². The van der Waals surface area contributed by atoms with Gasteiger partial charge in [-0.25, -0.2) is 0 Å². The molecule has 3 nitrogen and oxygen atoms in total. The van der Waals surface area contributed by atoms with Gasteiger partial charge < -0.3 is 17.2 Å². The van der Waals surface area contributed by atoms with Crippen LogP contribution in [0.2, 0.25) is 0 Å². The molecule has 0 aromatic rings. The third-order valence-corrected chi connectivity index (χ3v) is 2.22. The third-order valence-electron chi connectivity index (χ3n) is 2.22. The second-order valence-corrected chi connectivity index (χ2v) is 3.32. The number of hydrogen-bond donors (Lipinski definition) is 3. The standard InChI is InChI=1S/C9H23N3/c10-6-3-1-2-4-9(8-12)5-7-11/h9H,1-8,10-12H2. The van der Waals surface area contributed by atoms with Crippen molar-refractivity contribution in [2.75, 3.05) is 19.6 Å². The summed E-state index contributed by atoms with van der Waals surface area (Å²) in [6.45, 7) is 2.35.